The summed E-state index contributed by atoms with van der Waals surface area (Å²) < 4.78 is 4.72. The molecule has 0 saturated heterocycles. The lowest BCUT2D eigenvalue weighted by Gasteiger charge is -2.19. The van der Waals surface area contributed by atoms with E-state index in [1.165, 1.54) is 5.56 Å². The highest BCUT2D eigenvalue weighted by molar-refractivity contribution is 5.94. The van der Waals surface area contributed by atoms with Crippen LogP contribution in [-0.2, 0) is 26.3 Å². The number of nitrogens with one attached hydrogen (secondary N) is 1. The fourth-order valence-corrected chi connectivity index (χ4v) is 1.73. The Kier molecular flexibility index (Phi) is 5.74. The van der Waals surface area contributed by atoms with Gasteiger partial charge in [0.1, 0.15) is 6.42 Å². The van der Waals surface area contributed by atoms with E-state index in [4.69, 9.17) is 4.74 Å². The van der Waals surface area contributed by atoms with Crippen LogP contribution in [0.15, 0.2) is 24.3 Å². The van der Waals surface area contributed by atoms with Gasteiger partial charge in [-0.25, -0.2) is 0 Å². The van der Waals surface area contributed by atoms with Crippen LogP contribution in [0.1, 0.15) is 45.2 Å². The van der Waals surface area contributed by atoms with Crippen LogP contribution in [-0.4, -0.2) is 18.5 Å². The summed E-state index contributed by atoms with van der Waals surface area (Å²) in [5, 5.41) is 2.71. The molecule has 0 aliphatic carbocycles. The van der Waals surface area contributed by atoms with Gasteiger partial charge in [-0.2, -0.15) is 0 Å². The Balaban J connectivity index is 2.46. The fourth-order valence-electron chi connectivity index (χ4n) is 1.73. The van der Waals surface area contributed by atoms with Crippen LogP contribution < -0.4 is 5.32 Å². The van der Waals surface area contributed by atoms with Crippen LogP contribution in [0, 0.1) is 0 Å². The van der Waals surface area contributed by atoms with E-state index in [2.05, 4.69) is 38.2 Å². The van der Waals surface area contributed by atoms with E-state index in [-0.39, 0.29) is 17.7 Å². The lowest BCUT2D eigenvalue weighted by atomic mass is 9.87. The van der Waals surface area contributed by atoms with E-state index in [1.807, 2.05) is 12.1 Å². The third-order valence-corrected chi connectivity index (χ3v) is 2.92. The Morgan fingerprint density at radius 3 is 2.25 bits per heavy atom. The second-order valence-corrected chi connectivity index (χ2v) is 5.71. The van der Waals surface area contributed by atoms with Gasteiger partial charge < -0.3 is 10.1 Å². The van der Waals surface area contributed by atoms with Crippen molar-refractivity contribution in [2.75, 3.05) is 6.61 Å². The first kappa shape index (κ1) is 16.2. The first-order valence-electron chi connectivity index (χ1n) is 6.84. The van der Waals surface area contributed by atoms with Crippen LogP contribution >= 0.6 is 0 Å². The Morgan fingerprint density at radius 2 is 1.75 bits per heavy atom. The quantitative estimate of drug-likeness (QED) is 0.664. The Labute approximate surface area is 120 Å². The largest absolute Gasteiger partial charge is 0.466 e. The van der Waals surface area contributed by atoms with Gasteiger partial charge in [0.15, 0.2) is 0 Å². The summed E-state index contributed by atoms with van der Waals surface area (Å²) in [6.45, 7) is 8.89. The van der Waals surface area contributed by atoms with E-state index in [9.17, 15) is 9.59 Å². The summed E-state index contributed by atoms with van der Waals surface area (Å²) >= 11 is 0. The maximum absolute atomic E-state index is 11.5. The molecule has 20 heavy (non-hydrogen) atoms. The molecule has 0 unspecified atom stereocenters. The van der Waals surface area contributed by atoms with Gasteiger partial charge in [-0.3, -0.25) is 9.59 Å². The minimum atomic E-state index is -0.493. The molecule has 0 atom stereocenters. The maximum Gasteiger partial charge on any atom is 0.315 e. The normalized spacial score (nSPS) is 11.0. The summed E-state index contributed by atoms with van der Waals surface area (Å²) in [5.74, 6) is -0.809. The number of rotatable bonds is 5. The van der Waals surface area contributed by atoms with Gasteiger partial charge in [0.2, 0.25) is 5.91 Å². The Bertz CT molecular complexity index is 458. The SMILES string of the molecule is CCOC(=O)CC(=O)NCc1ccc(C(C)(C)C)cc1. The van der Waals surface area contributed by atoms with Gasteiger partial charge in [-0.15, -0.1) is 0 Å². The highest BCUT2D eigenvalue weighted by atomic mass is 16.5. The van der Waals surface area contributed by atoms with Gasteiger partial charge in [0.25, 0.3) is 0 Å². The van der Waals surface area contributed by atoms with Crippen molar-refractivity contribution in [2.24, 2.45) is 0 Å². The first-order chi connectivity index (χ1) is 9.32. The number of amides is 1. The average molecular weight is 277 g/mol. The van der Waals surface area contributed by atoms with Crippen molar-refractivity contribution in [3.8, 4) is 0 Å². The third-order valence-electron chi connectivity index (χ3n) is 2.92. The zero-order valence-corrected chi connectivity index (χ0v) is 12.7. The minimum absolute atomic E-state index is 0.117. The molecule has 1 amide bonds. The molecule has 0 bridgehead atoms. The van der Waals surface area contributed by atoms with Crippen molar-refractivity contribution >= 4 is 11.9 Å². The first-order valence-corrected chi connectivity index (χ1v) is 6.84. The molecule has 0 aromatic heterocycles. The van der Waals surface area contributed by atoms with Crippen LogP contribution in [0.25, 0.3) is 0 Å². The number of carbonyl (C=O) groups is 2. The van der Waals surface area contributed by atoms with Crippen LogP contribution in [0.4, 0.5) is 0 Å². The molecular formula is C16H23NO3. The Hall–Kier alpha value is -1.84. The summed E-state index contributed by atoms with van der Waals surface area (Å²) in [6.07, 6.45) is -0.228. The van der Waals surface area contributed by atoms with E-state index in [1.54, 1.807) is 6.92 Å². The van der Waals surface area contributed by atoms with Gasteiger partial charge in [-0.1, -0.05) is 45.0 Å². The second kappa shape index (κ2) is 7.08. The molecule has 0 aliphatic heterocycles. The van der Waals surface area contributed by atoms with Gasteiger partial charge in [0.05, 0.1) is 6.61 Å². The van der Waals surface area contributed by atoms with E-state index in [0.717, 1.165) is 5.56 Å². The molecule has 4 heteroatoms. The van der Waals surface area contributed by atoms with Crippen molar-refractivity contribution in [1.29, 1.82) is 0 Å². The lowest BCUT2D eigenvalue weighted by Crippen LogP contribution is -2.26. The van der Waals surface area contributed by atoms with Crippen molar-refractivity contribution in [1.82, 2.24) is 5.32 Å². The maximum atomic E-state index is 11.5. The molecule has 4 nitrogen and oxygen atoms in total. The van der Waals surface area contributed by atoms with E-state index >= 15 is 0 Å². The van der Waals surface area contributed by atoms with Crippen LogP contribution in [0.2, 0.25) is 0 Å². The standard InChI is InChI=1S/C16H23NO3/c1-5-20-15(19)10-14(18)17-11-12-6-8-13(9-7-12)16(2,3)4/h6-9H,5,10-11H2,1-4H3,(H,17,18). The molecular weight excluding hydrogens is 254 g/mol. The van der Waals surface area contributed by atoms with E-state index < -0.39 is 5.97 Å². The highest BCUT2D eigenvalue weighted by Gasteiger charge is 2.13. The summed E-state index contributed by atoms with van der Waals surface area (Å²) in [7, 11) is 0. The summed E-state index contributed by atoms with van der Waals surface area (Å²) in [6, 6.07) is 8.11. The lowest BCUT2D eigenvalue weighted by molar-refractivity contribution is -0.146. The van der Waals surface area contributed by atoms with Crippen LogP contribution in [0.5, 0.6) is 0 Å². The van der Waals surface area contributed by atoms with Gasteiger partial charge in [-0.05, 0) is 23.5 Å². The smallest absolute Gasteiger partial charge is 0.315 e. The number of hydrogen-bond donors (Lipinski definition) is 1. The molecule has 0 saturated carbocycles. The molecule has 1 aromatic carbocycles. The second-order valence-electron chi connectivity index (χ2n) is 5.71. The predicted molar refractivity (Wildman–Crippen MR) is 78.2 cm³/mol. The average Bonchev–Trinajstić information content (AvgIpc) is 2.36. The molecule has 0 spiro atoms. The van der Waals surface area contributed by atoms with Crippen molar-refractivity contribution in [3.63, 3.8) is 0 Å². The zero-order valence-electron chi connectivity index (χ0n) is 12.7. The predicted octanol–water partition coefficient (Wildman–Crippen LogP) is 2.55. The Morgan fingerprint density at radius 1 is 1.15 bits per heavy atom. The molecule has 1 rings (SSSR count). The number of benzene rings is 1. The number of esters is 1. The molecule has 0 aliphatic rings. The zero-order chi connectivity index (χ0) is 15.2. The monoisotopic (exact) mass is 277 g/mol. The number of ether oxygens (including phenoxy) is 1. The molecule has 1 aromatic rings. The number of carbonyl (C=O) groups excluding carboxylic acids is 2. The van der Waals surface area contributed by atoms with Crippen molar-refractivity contribution in [2.45, 2.75) is 46.1 Å². The molecule has 0 radical (unpaired) electrons. The van der Waals surface area contributed by atoms with Gasteiger partial charge in [0, 0.05) is 6.54 Å². The fraction of sp³-hybridized carbons (Fsp3) is 0.500. The summed E-state index contributed by atoms with van der Waals surface area (Å²) in [5.41, 5.74) is 2.38. The van der Waals surface area contributed by atoms with Gasteiger partial charge >= 0.3 is 5.97 Å². The number of hydrogen-bond acceptors (Lipinski definition) is 3. The molecule has 110 valence electrons. The third kappa shape index (κ3) is 5.43. The summed E-state index contributed by atoms with van der Waals surface area (Å²) in [4.78, 5) is 22.7. The van der Waals surface area contributed by atoms with Crippen molar-refractivity contribution in [3.05, 3.63) is 35.4 Å². The molecule has 1 N–H and O–H groups in total. The minimum Gasteiger partial charge on any atom is -0.466 e. The molecule has 0 heterocycles. The van der Waals surface area contributed by atoms with E-state index in [0.29, 0.717) is 13.2 Å². The highest BCUT2D eigenvalue weighted by Crippen LogP contribution is 2.22. The van der Waals surface area contributed by atoms with Crippen LogP contribution in [0.3, 0.4) is 0 Å². The van der Waals surface area contributed by atoms with Crippen molar-refractivity contribution < 1.29 is 14.3 Å². The topological polar surface area (TPSA) is 55.4 Å². The molecule has 0 fully saturated rings.